The smallest absolute Gasteiger partial charge is 0.421 e. The van der Waals surface area contributed by atoms with Crippen LogP contribution < -0.4 is 0 Å². The van der Waals surface area contributed by atoms with Gasteiger partial charge in [0.15, 0.2) is 0 Å². The zero-order chi connectivity index (χ0) is 15.6. The first-order valence-electron chi connectivity index (χ1n) is 6.32. The Morgan fingerprint density at radius 3 is 2.35 bits per heavy atom. The van der Waals surface area contributed by atoms with Gasteiger partial charge in [-0.05, 0) is 53.7 Å². The molecule has 0 aliphatic heterocycles. The van der Waals surface area contributed by atoms with Crippen LogP contribution in [0, 0.1) is 0 Å². The molecule has 0 saturated heterocycles. The molecule has 0 aliphatic carbocycles. The van der Waals surface area contributed by atoms with Crippen molar-refractivity contribution >= 4 is 34.0 Å². The summed E-state index contributed by atoms with van der Waals surface area (Å²) in [7, 11) is 0. The fraction of sp³-hybridized carbons (Fsp3) is 0.571. The lowest BCUT2D eigenvalue weighted by atomic mass is 10.1. The van der Waals surface area contributed by atoms with Gasteiger partial charge in [0, 0.05) is 28.2 Å². The zero-order valence-corrected chi connectivity index (χ0v) is 15.1. The number of ether oxygens (including phenoxy) is 1. The number of amides is 1. The first-order chi connectivity index (χ1) is 8.99. The molecule has 0 atom stereocenters. The fourth-order valence-electron chi connectivity index (χ4n) is 1.28. The average Bonchev–Trinajstić information content (AvgIpc) is 2.21. The van der Waals surface area contributed by atoms with E-state index >= 15 is 0 Å². The summed E-state index contributed by atoms with van der Waals surface area (Å²) in [5.41, 5.74) is -0.900. The second kappa shape index (κ2) is 6.35. The fourth-order valence-corrected chi connectivity index (χ4v) is 2.63. The first-order valence-corrected chi connectivity index (χ1v) is 7.88. The molecule has 6 heteroatoms. The van der Waals surface area contributed by atoms with Crippen molar-refractivity contribution in [3.8, 4) is 0 Å². The van der Waals surface area contributed by atoms with Crippen LogP contribution in [0.4, 0.5) is 4.79 Å². The molecule has 0 aromatic carbocycles. The molecular weight excluding hydrogens is 340 g/mol. The molecule has 1 heterocycles. The highest BCUT2D eigenvalue weighted by Crippen LogP contribution is 2.31. The van der Waals surface area contributed by atoms with Gasteiger partial charge in [-0.25, -0.2) is 14.1 Å². The summed E-state index contributed by atoms with van der Waals surface area (Å²) < 4.78 is 7.98. The molecule has 0 unspecified atom stereocenters. The van der Waals surface area contributed by atoms with Crippen LogP contribution in [0.15, 0.2) is 27.8 Å². The number of aromatic nitrogens is 1. The van der Waals surface area contributed by atoms with Gasteiger partial charge in [-0.15, -0.1) is 0 Å². The molecular formula is C14H21BrN2O2S. The quantitative estimate of drug-likeness (QED) is 0.704. The normalized spacial score (nSPS) is 12.2. The van der Waals surface area contributed by atoms with E-state index in [0.717, 1.165) is 9.50 Å². The second-order valence-electron chi connectivity index (χ2n) is 6.35. The van der Waals surface area contributed by atoms with E-state index in [1.165, 1.54) is 11.9 Å². The monoisotopic (exact) mass is 360 g/mol. The van der Waals surface area contributed by atoms with Gasteiger partial charge in [0.2, 0.25) is 0 Å². The molecule has 0 spiro atoms. The average molecular weight is 361 g/mol. The Labute approximate surface area is 133 Å². The van der Waals surface area contributed by atoms with Crippen LogP contribution in [-0.2, 0) is 4.74 Å². The summed E-state index contributed by atoms with van der Waals surface area (Å²) in [5, 5.41) is 0.736. The number of hydrogen-bond donors (Lipinski definition) is 0. The Morgan fingerprint density at radius 1 is 1.30 bits per heavy atom. The van der Waals surface area contributed by atoms with E-state index in [0.29, 0.717) is 0 Å². The number of carbonyl (C=O) groups excluding carboxylic acids is 1. The third-order valence-electron chi connectivity index (χ3n) is 2.05. The number of halogens is 1. The predicted molar refractivity (Wildman–Crippen MR) is 85.6 cm³/mol. The van der Waals surface area contributed by atoms with Crippen LogP contribution >= 0.6 is 27.9 Å². The maximum absolute atomic E-state index is 12.3. The van der Waals surface area contributed by atoms with Crippen LogP contribution in [0.2, 0.25) is 0 Å². The lowest BCUT2D eigenvalue weighted by Gasteiger charge is -2.35. The summed E-state index contributed by atoms with van der Waals surface area (Å²) in [6.45, 7) is 11.4. The number of nitrogens with zero attached hydrogens (tertiary/aromatic N) is 2. The highest BCUT2D eigenvalue weighted by Gasteiger charge is 2.32. The van der Waals surface area contributed by atoms with Gasteiger partial charge in [-0.1, -0.05) is 15.9 Å². The van der Waals surface area contributed by atoms with Gasteiger partial charge in [0.1, 0.15) is 10.6 Å². The van der Waals surface area contributed by atoms with Crippen molar-refractivity contribution in [2.24, 2.45) is 0 Å². The molecule has 0 radical (unpaired) electrons. The zero-order valence-electron chi connectivity index (χ0n) is 12.7. The highest BCUT2D eigenvalue weighted by atomic mass is 79.9. The summed E-state index contributed by atoms with van der Waals surface area (Å²) in [6.07, 6.45) is 1.33. The van der Waals surface area contributed by atoms with Crippen LogP contribution in [0.5, 0.6) is 0 Å². The van der Waals surface area contributed by atoms with E-state index < -0.39 is 5.60 Å². The van der Waals surface area contributed by atoms with E-state index in [2.05, 4.69) is 20.9 Å². The first kappa shape index (κ1) is 17.3. The number of rotatable bonds is 2. The maximum Gasteiger partial charge on any atom is 0.421 e. The van der Waals surface area contributed by atoms with Gasteiger partial charge in [-0.3, -0.25) is 0 Å². The lowest BCUT2D eigenvalue weighted by Crippen LogP contribution is -2.43. The Kier molecular flexibility index (Phi) is 5.49. The van der Waals surface area contributed by atoms with Crippen molar-refractivity contribution in [2.75, 3.05) is 0 Å². The van der Waals surface area contributed by atoms with Crippen molar-refractivity contribution in [1.82, 2.24) is 9.29 Å². The predicted octanol–water partition coefficient (Wildman–Crippen LogP) is 4.89. The van der Waals surface area contributed by atoms with Gasteiger partial charge < -0.3 is 4.74 Å². The summed E-state index contributed by atoms with van der Waals surface area (Å²) in [6, 6.07) is 3.72. The molecule has 0 fully saturated rings. The molecule has 1 rings (SSSR count). The highest BCUT2D eigenvalue weighted by molar-refractivity contribution is 9.10. The van der Waals surface area contributed by atoms with E-state index in [9.17, 15) is 4.79 Å². The topological polar surface area (TPSA) is 42.4 Å². The summed E-state index contributed by atoms with van der Waals surface area (Å²) >= 11 is 4.68. The molecule has 4 nitrogen and oxygen atoms in total. The van der Waals surface area contributed by atoms with Crippen LogP contribution in [-0.4, -0.2) is 26.5 Å². The van der Waals surface area contributed by atoms with E-state index in [1.807, 2.05) is 53.7 Å². The Hall–Kier alpha value is -0.750. The van der Waals surface area contributed by atoms with Gasteiger partial charge in [0.05, 0.1) is 0 Å². The molecule has 0 saturated carbocycles. The van der Waals surface area contributed by atoms with Crippen molar-refractivity contribution in [2.45, 2.75) is 57.7 Å². The second-order valence-corrected chi connectivity index (χ2v) is 8.23. The third kappa shape index (κ3) is 5.71. The van der Waals surface area contributed by atoms with Crippen LogP contribution in [0.3, 0.4) is 0 Å². The van der Waals surface area contributed by atoms with Crippen molar-refractivity contribution in [3.63, 3.8) is 0 Å². The molecule has 0 aliphatic rings. The standard InChI is InChI=1S/C14H21BrN2O2S/c1-13(2,3)17(12(18)19-14(4,5)6)20-11-9-10(15)7-8-16-11/h7-9H,1-6H3. The molecule has 1 aromatic rings. The lowest BCUT2D eigenvalue weighted by molar-refractivity contribution is 0.0303. The van der Waals surface area contributed by atoms with Crippen molar-refractivity contribution in [1.29, 1.82) is 0 Å². The minimum atomic E-state index is -0.522. The minimum Gasteiger partial charge on any atom is -0.443 e. The van der Waals surface area contributed by atoms with E-state index in [4.69, 9.17) is 4.74 Å². The van der Waals surface area contributed by atoms with Crippen LogP contribution in [0.25, 0.3) is 0 Å². The molecule has 0 bridgehead atoms. The summed E-state index contributed by atoms with van der Waals surface area (Å²) in [5.74, 6) is 0. The molecule has 1 amide bonds. The number of carbonyl (C=O) groups is 1. The van der Waals surface area contributed by atoms with Crippen LogP contribution in [0.1, 0.15) is 41.5 Å². The Bertz CT molecular complexity index is 481. The van der Waals surface area contributed by atoms with Gasteiger partial charge in [-0.2, -0.15) is 0 Å². The van der Waals surface area contributed by atoms with Gasteiger partial charge in [0.25, 0.3) is 0 Å². The van der Waals surface area contributed by atoms with Gasteiger partial charge >= 0.3 is 6.09 Å². The number of hydrogen-bond acceptors (Lipinski definition) is 4. The largest absolute Gasteiger partial charge is 0.443 e. The Balaban J connectivity index is 2.94. The van der Waals surface area contributed by atoms with Crippen molar-refractivity contribution < 1.29 is 9.53 Å². The molecule has 1 aromatic heterocycles. The third-order valence-corrected chi connectivity index (χ3v) is 3.83. The summed E-state index contributed by atoms with van der Waals surface area (Å²) in [4.78, 5) is 16.6. The SMILES string of the molecule is CC(C)(C)OC(=O)N(Sc1cc(Br)ccn1)C(C)(C)C. The van der Waals surface area contributed by atoms with Crippen molar-refractivity contribution in [3.05, 3.63) is 22.8 Å². The minimum absolute atomic E-state index is 0.364. The Morgan fingerprint density at radius 2 is 1.90 bits per heavy atom. The van der Waals surface area contributed by atoms with E-state index in [-0.39, 0.29) is 11.6 Å². The molecule has 20 heavy (non-hydrogen) atoms. The molecule has 112 valence electrons. The number of pyridine rings is 1. The molecule has 0 N–H and O–H groups in total. The maximum atomic E-state index is 12.3. The van der Waals surface area contributed by atoms with E-state index in [1.54, 1.807) is 10.5 Å².